The van der Waals surface area contributed by atoms with E-state index in [9.17, 15) is 19.2 Å². The molecule has 0 spiro atoms. The topological polar surface area (TPSA) is 96.5 Å². The normalized spacial score (nSPS) is 17.6. The van der Waals surface area contributed by atoms with Gasteiger partial charge in [-0.1, -0.05) is 29.8 Å². The smallest absolute Gasteiger partial charge is 0.338 e. The molecule has 41 heavy (non-hydrogen) atoms. The molecule has 0 N–H and O–H groups in total. The Kier molecular flexibility index (Phi) is 8.37. The number of ketones is 1. The van der Waals surface area contributed by atoms with Crippen LogP contribution in [0.1, 0.15) is 32.7 Å². The quantitative estimate of drug-likeness (QED) is 0.225. The highest BCUT2D eigenvalue weighted by molar-refractivity contribution is 6.30. The van der Waals surface area contributed by atoms with Crippen LogP contribution in [0.4, 0.5) is 11.4 Å². The molecule has 1 unspecified atom stereocenters. The van der Waals surface area contributed by atoms with Crippen molar-refractivity contribution in [1.82, 2.24) is 4.90 Å². The first-order valence-corrected chi connectivity index (χ1v) is 13.7. The van der Waals surface area contributed by atoms with E-state index in [1.165, 1.54) is 36.3 Å². The third kappa shape index (κ3) is 5.96. The summed E-state index contributed by atoms with van der Waals surface area (Å²) >= 11 is 6.20. The second-order valence-corrected chi connectivity index (χ2v) is 10.4. The van der Waals surface area contributed by atoms with Gasteiger partial charge in [-0.15, -0.1) is 0 Å². The number of rotatable bonds is 8. The number of aryl methyl sites for hydroxylation is 1. The molecule has 0 aromatic heterocycles. The first kappa shape index (κ1) is 28.3. The fraction of sp³-hybridized carbons (Fsp3) is 0.290. The second-order valence-electron chi connectivity index (χ2n) is 9.99. The number of nitrogens with zero attached hydrogens (tertiary/aromatic N) is 3. The molecule has 2 saturated heterocycles. The SMILES string of the molecule is COc1ccccc1C(=O)COC(=O)c1ccc(N2C(=O)CC(N3CCN(c4cc(Cl)ccc4C)CC3)C2=O)cc1. The summed E-state index contributed by atoms with van der Waals surface area (Å²) in [5.41, 5.74) is 3.12. The summed E-state index contributed by atoms with van der Waals surface area (Å²) in [4.78, 5) is 56.8. The maximum Gasteiger partial charge on any atom is 0.338 e. The van der Waals surface area contributed by atoms with Crippen molar-refractivity contribution in [3.63, 3.8) is 0 Å². The number of methoxy groups -OCH3 is 1. The molecule has 212 valence electrons. The van der Waals surface area contributed by atoms with Gasteiger partial charge in [-0.05, 0) is 61.0 Å². The van der Waals surface area contributed by atoms with Gasteiger partial charge < -0.3 is 14.4 Å². The first-order chi connectivity index (χ1) is 19.8. The highest BCUT2D eigenvalue weighted by Gasteiger charge is 2.43. The van der Waals surface area contributed by atoms with Crippen molar-refractivity contribution in [2.75, 3.05) is 49.7 Å². The maximum absolute atomic E-state index is 13.3. The maximum atomic E-state index is 13.3. The highest BCUT2D eigenvalue weighted by atomic mass is 35.5. The van der Waals surface area contributed by atoms with E-state index in [4.69, 9.17) is 21.1 Å². The van der Waals surface area contributed by atoms with Crippen molar-refractivity contribution in [3.8, 4) is 5.75 Å². The van der Waals surface area contributed by atoms with Gasteiger partial charge in [-0.3, -0.25) is 19.3 Å². The molecule has 1 atom stereocenters. The number of carbonyl (C=O) groups excluding carboxylic acids is 4. The first-order valence-electron chi connectivity index (χ1n) is 13.3. The third-order valence-corrected chi connectivity index (χ3v) is 7.73. The van der Waals surface area contributed by atoms with Gasteiger partial charge in [0, 0.05) is 36.9 Å². The average Bonchev–Trinajstić information content (AvgIpc) is 3.30. The molecule has 0 aliphatic carbocycles. The molecule has 3 aromatic rings. The van der Waals surface area contributed by atoms with Crippen LogP contribution < -0.4 is 14.5 Å². The van der Waals surface area contributed by atoms with E-state index in [2.05, 4.69) is 9.80 Å². The molecule has 2 heterocycles. The summed E-state index contributed by atoms with van der Waals surface area (Å²) in [6.07, 6.45) is 0.101. The zero-order chi connectivity index (χ0) is 29.1. The molecule has 9 nitrogen and oxygen atoms in total. The predicted octanol–water partition coefficient (Wildman–Crippen LogP) is 4.15. The summed E-state index contributed by atoms with van der Waals surface area (Å²) in [5, 5.41) is 0.681. The number of benzene rings is 3. The van der Waals surface area contributed by atoms with Gasteiger partial charge in [0.15, 0.2) is 6.61 Å². The van der Waals surface area contributed by atoms with Crippen molar-refractivity contribution < 1.29 is 28.7 Å². The van der Waals surface area contributed by atoms with E-state index in [-0.39, 0.29) is 23.8 Å². The molecule has 3 aromatic carbocycles. The monoisotopic (exact) mass is 575 g/mol. The summed E-state index contributed by atoms with van der Waals surface area (Å²) in [5.74, 6) is -1.25. The number of piperazine rings is 1. The Labute approximate surface area is 243 Å². The number of esters is 1. The molecular formula is C31H30ClN3O6. The summed E-state index contributed by atoms with van der Waals surface area (Å²) < 4.78 is 10.4. The molecule has 5 rings (SSSR count). The van der Waals surface area contributed by atoms with E-state index in [0.29, 0.717) is 35.1 Å². The van der Waals surface area contributed by atoms with Crippen molar-refractivity contribution >= 4 is 46.5 Å². The number of carbonyl (C=O) groups is 4. The minimum Gasteiger partial charge on any atom is -0.496 e. The highest BCUT2D eigenvalue weighted by Crippen LogP contribution is 2.29. The summed E-state index contributed by atoms with van der Waals surface area (Å²) in [7, 11) is 1.46. The zero-order valence-corrected chi connectivity index (χ0v) is 23.6. The van der Waals surface area contributed by atoms with E-state index < -0.39 is 24.4 Å². The van der Waals surface area contributed by atoms with Crippen LogP contribution in [0.5, 0.6) is 5.75 Å². The number of amides is 2. The van der Waals surface area contributed by atoms with E-state index in [1.807, 2.05) is 25.1 Å². The Hall–Kier alpha value is -4.21. The molecule has 2 fully saturated rings. The molecule has 0 saturated carbocycles. The Balaban J connectivity index is 1.18. The standard InChI is InChI=1S/C31H30ClN3O6/c1-20-7-10-22(32)17-25(20)33-13-15-34(16-14-33)26-18-29(37)35(30(26)38)23-11-8-21(9-12-23)31(39)41-19-27(36)24-5-3-4-6-28(24)40-2/h3-12,17,26H,13-16,18-19H2,1-2H3. The largest absolute Gasteiger partial charge is 0.496 e. The van der Waals surface area contributed by atoms with E-state index in [1.54, 1.807) is 24.3 Å². The molecular weight excluding hydrogens is 546 g/mol. The Bertz CT molecular complexity index is 1480. The van der Waals surface area contributed by atoms with Crippen LogP contribution in [0.15, 0.2) is 66.7 Å². The van der Waals surface area contributed by atoms with Gasteiger partial charge in [-0.2, -0.15) is 0 Å². The van der Waals surface area contributed by atoms with Gasteiger partial charge >= 0.3 is 5.97 Å². The van der Waals surface area contributed by atoms with Crippen molar-refractivity contribution in [2.45, 2.75) is 19.4 Å². The number of anilines is 2. The lowest BCUT2D eigenvalue weighted by atomic mass is 10.1. The summed E-state index contributed by atoms with van der Waals surface area (Å²) in [6.45, 7) is 4.31. The van der Waals surface area contributed by atoms with Crippen LogP contribution >= 0.6 is 11.6 Å². The minimum atomic E-state index is -0.690. The number of para-hydroxylation sites is 1. The lowest BCUT2D eigenvalue weighted by Gasteiger charge is -2.38. The van der Waals surface area contributed by atoms with Gasteiger partial charge in [0.1, 0.15) is 5.75 Å². The predicted molar refractivity (Wildman–Crippen MR) is 155 cm³/mol. The molecule has 2 aliphatic rings. The van der Waals surface area contributed by atoms with E-state index in [0.717, 1.165) is 24.3 Å². The Morgan fingerprint density at radius 3 is 2.37 bits per heavy atom. The molecule has 2 aliphatic heterocycles. The van der Waals surface area contributed by atoms with Gasteiger partial charge in [0.2, 0.25) is 11.7 Å². The molecule has 10 heteroatoms. The minimum absolute atomic E-state index is 0.101. The van der Waals surface area contributed by atoms with Gasteiger partial charge in [0.05, 0.1) is 36.4 Å². The van der Waals surface area contributed by atoms with Crippen LogP contribution in [-0.4, -0.2) is 74.4 Å². The fourth-order valence-electron chi connectivity index (χ4n) is 5.28. The lowest BCUT2D eigenvalue weighted by Crippen LogP contribution is -2.52. The van der Waals surface area contributed by atoms with Crippen LogP contribution in [0, 0.1) is 6.92 Å². The Morgan fingerprint density at radius 1 is 0.951 bits per heavy atom. The zero-order valence-electron chi connectivity index (χ0n) is 22.8. The number of imide groups is 1. The van der Waals surface area contributed by atoms with Crippen LogP contribution in [-0.2, 0) is 14.3 Å². The van der Waals surface area contributed by atoms with E-state index >= 15 is 0 Å². The van der Waals surface area contributed by atoms with Crippen molar-refractivity contribution in [2.24, 2.45) is 0 Å². The van der Waals surface area contributed by atoms with Crippen LogP contribution in [0.25, 0.3) is 0 Å². The number of hydrogen-bond acceptors (Lipinski definition) is 8. The third-order valence-electron chi connectivity index (χ3n) is 7.49. The van der Waals surface area contributed by atoms with Crippen LogP contribution in [0.3, 0.4) is 0 Å². The molecule has 2 amide bonds. The van der Waals surface area contributed by atoms with Crippen LogP contribution in [0.2, 0.25) is 5.02 Å². The Morgan fingerprint density at radius 2 is 1.66 bits per heavy atom. The van der Waals surface area contributed by atoms with Gasteiger partial charge in [0.25, 0.3) is 5.91 Å². The number of hydrogen-bond donors (Lipinski definition) is 0. The van der Waals surface area contributed by atoms with Crippen molar-refractivity contribution in [3.05, 3.63) is 88.4 Å². The summed E-state index contributed by atoms with van der Waals surface area (Å²) in [6, 6.07) is 18.0. The fourth-order valence-corrected chi connectivity index (χ4v) is 5.45. The average molecular weight is 576 g/mol. The second kappa shape index (κ2) is 12.1. The number of ether oxygens (including phenoxy) is 2. The van der Waals surface area contributed by atoms with Crippen molar-refractivity contribution in [1.29, 1.82) is 0 Å². The molecule has 0 radical (unpaired) electrons. The lowest BCUT2D eigenvalue weighted by molar-refractivity contribution is -0.123. The number of Topliss-reactive ketones (excluding diaryl/α,β-unsaturated/α-hetero) is 1. The molecule has 0 bridgehead atoms. The van der Waals surface area contributed by atoms with Gasteiger partial charge in [-0.25, -0.2) is 9.69 Å². The number of halogens is 1.